The van der Waals surface area contributed by atoms with Crippen LogP contribution < -0.4 is 10.1 Å². The van der Waals surface area contributed by atoms with Crippen LogP contribution >= 0.6 is 31.9 Å². The summed E-state index contributed by atoms with van der Waals surface area (Å²) in [6.45, 7) is 6.00. The van der Waals surface area contributed by atoms with Gasteiger partial charge in [0.2, 0.25) is 0 Å². The molecule has 0 saturated heterocycles. The van der Waals surface area contributed by atoms with E-state index >= 15 is 0 Å². The van der Waals surface area contributed by atoms with Gasteiger partial charge in [0.05, 0.1) is 17.3 Å². The average molecular weight is 411 g/mol. The van der Waals surface area contributed by atoms with E-state index in [1.807, 2.05) is 26.0 Å². The molecular formula is C14H21Br2NO3. The molecule has 6 heteroatoms. The molecule has 0 aliphatic rings. The van der Waals surface area contributed by atoms with Gasteiger partial charge in [-0.2, -0.15) is 0 Å². The van der Waals surface area contributed by atoms with Crippen molar-refractivity contribution >= 4 is 37.5 Å². The Hall–Kier alpha value is -0.300. The van der Waals surface area contributed by atoms with Crippen molar-refractivity contribution in [3.63, 3.8) is 0 Å². The Morgan fingerprint density at radius 2 is 1.75 bits per heavy atom. The van der Waals surface area contributed by atoms with E-state index in [9.17, 15) is 0 Å². The van der Waals surface area contributed by atoms with Crippen LogP contribution in [0.2, 0.25) is 0 Å². The first-order valence-corrected chi connectivity index (χ1v) is 8.21. The Labute approximate surface area is 137 Å². The number of rotatable bonds is 9. The van der Waals surface area contributed by atoms with Crippen molar-refractivity contribution in [2.24, 2.45) is 0 Å². The number of ether oxygens (including phenoxy) is 3. The van der Waals surface area contributed by atoms with Gasteiger partial charge in [0, 0.05) is 36.7 Å². The summed E-state index contributed by atoms with van der Waals surface area (Å²) in [5.74, 6) is 0.793. The standard InChI is InChI=1S/C14H21Br2NO3/c1-4-19-14(20-5-2)6-7-17-12-9-13(18-3)11(16)8-10(12)15/h8-9,14,17H,4-7H2,1-3H3. The monoisotopic (exact) mass is 409 g/mol. The number of hydrogen-bond acceptors (Lipinski definition) is 4. The summed E-state index contributed by atoms with van der Waals surface area (Å²) in [7, 11) is 1.65. The molecule has 0 aromatic heterocycles. The Balaban J connectivity index is 2.56. The number of methoxy groups -OCH3 is 1. The Morgan fingerprint density at radius 1 is 1.10 bits per heavy atom. The van der Waals surface area contributed by atoms with E-state index < -0.39 is 0 Å². The highest BCUT2D eigenvalue weighted by atomic mass is 79.9. The summed E-state index contributed by atoms with van der Waals surface area (Å²) in [5.41, 5.74) is 0.983. The lowest BCUT2D eigenvalue weighted by atomic mass is 10.3. The predicted molar refractivity (Wildman–Crippen MR) is 88.5 cm³/mol. The summed E-state index contributed by atoms with van der Waals surface area (Å²) in [5, 5.41) is 3.35. The number of halogens is 2. The van der Waals surface area contributed by atoms with Gasteiger partial charge in [-0.3, -0.25) is 0 Å². The fourth-order valence-electron chi connectivity index (χ4n) is 1.73. The molecule has 1 N–H and O–H groups in total. The van der Waals surface area contributed by atoms with E-state index in [0.29, 0.717) is 13.2 Å². The first kappa shape index (κ1) is 17.8. The minimum atomic E-state index is -0.159. The molecule has 20 heavy (non-hydrogen) atoms. The van der Waals surface area contributed by atoms with Crippen molar-refractivity contribution in [1.29, 1.82) is 0 Å². The van der Waals surface area contributed by atoms with E-state index in [2.05, 4.69) is 37.2 Å². The third-order valence-corrected chi connectivity index (χ3v) is 3.92. The molecule has 1 aromatic carbocycles. The summed E-state index contributed by atoms with van der Waals surface area (Å²) in [6.07, 6.45) is 0.626. The maximum Gasteiger partial charge on any atom is 0.159 e. The van der Waals surface area contributed by atoms with Crippen molar-refractivity contribution in [3.8, 4) is 5.75 Å². The lowest BCUT2D eigenvalue weighted by Crippen LogP contribution is -2.21. The van der Waals surface area contributed by atoms with Gasteiger partial charge < -0.3 is 19.5 Å². The molecule has 114 valence electrons. The lowest BCUT2D eigenvalue weighted by Gasteiger charge is -2.18. The smallest absolute Gasteiger partial charge is 0.159 e. The molecule has 0 unspecified atom stereocenters. The van der Waals surface area contributed by atoms with Gasteiger partial charge in [-0.1, -0.05) is 0 Å². The zero-order chi connectivity index (χ0) is 15.0. The minimum absolute atomic E-state index is 0.159. The number of benzene rings is 1. The summed E-state index contributed by atoms with van der Waals surface area (Å²) < 4.78 is 18.2. The van der Waals surface area contributed by atoms with Gasteiger partial charge >= 0.3 is 0 Å². The third kappa shape index (κ3) is 5.60. The first-order chi connectivity index (χ1) is 9.62. The van der Waals surface area contributed by atoms with Gasteiger partial charge in [0.1, 0.15) is 5.75 Å². The Morgan fingerprint density at radius 3 is 2.30 bits per heavy atom. The van der Waals surface area contributed by atoms with Crippen LogP contribution in [0.1, 0.15) is 20.3 Å². The number of hydrogen-bond donors (Lipinski definition) is 1. The maximum atomic E-state index is 5.51. The highest BCUT2D eigenvalue weighted by Gasteiger charge is 2.10. The minimum Gasteiger partial charge on any atom is -0.495 e. The molecule has 0 aliphatic carbocycles. The van der Waals surface area contributed by atoms with E-state index in [1.54, 1.807) is 7.11 Å². The second-order valence-electron chi connectivity index (χ2n) is 4.02. The molecule has 0 fully saturated rings. The zero-order valence-electron chi connectivity index (χ0n) is 12.0. The second kappa shape index (κ2) is 9.60. The lowest BCUT2D eigenvalue weighted by molar-refractivity contribution is -0.137. The quantitative estimate of drug-likeness (QED) is 0.611. The van der Waals surface area contributed by atoms with Crippen molar-refractivity contribution in [3.05, 3.63) is 21.1 Å². The molecule has 1 aromatic rings. The molecule has 0 bridgehead atoms. The Bertz CT molecular complexity index is 410. The normalized spacial score (nSPS) is 10.9. The number of anilines is 1. The van der Waals surface area contributed by atoms with E-state index in [1.165, 1.54) is 0 Å². The van der Waals surface area contributed by atoms with Gasteiger partial charge in [-0.15, -0.1) is 0 Å². The second-order valence-corrected chi connectivity index (χ2v) is 5.73. The summed E-state index contributed by atoms with van der Waals surface area (Å²) in [4.78, 5) is 0. The first-order valence-electron chi connectivity index (χ1n) is 6.62. The highest BCUT2D eigenvalue weighted by molar-refractivity contribution is 9.11. The topological polar surface area (TPSA) is 39.7 Å². The van der Waals surface area contributed by atoms with Crippen molar-refractivity contribution < 1.29 is 14.2 Å². The van der Waals surface area contributed by atoms with Crippen LogP contribution in [-0.4, -0.2) is 33.2 Å². The van der Waals surface area contributed by atoms with E-state index in [4.69, 9.17) is 14.2 Å². The van der Waals surface area contributed by atoms with Crippen LogP contribution in [-0.2, 0) is 9.47 Å². The average Bonchev–Trinajstić information content (AvgIpc) is 2.41. The Kier molecular flexibility index (Phi) is 8.52. The van der Waals surface area contributed by atoms with Gasteiger partial charge in [-0.25, -0.2) is 0 Å². The van der Waals surface area contributed by atoms with E-state index in [0.717, 1.165) is 33.3 Å². The van der Waals surface area contributed by atoms with E-state index in [-0.39, 0.29) is 6.29 Å². The molecule has 0 radical (unpaired) electrons. The van der Waals surface area contributed by atoms with Crippen molar-refractivity contribution in [1.82, 2.24) is 0 Å². The molecule has 1 rings (SSSR count). The molecule has 0 atom stereocenters. The van der Waals surface area contributed by atoms with Crippen molar-refractivity contribution in [2.75, 3.05) is 32.2 Å². The van der Waals surface area contributed by atoms with Gasteiger partial charge in [0.25, 0.3) is 0 Å². The molecule has 4 nitrogen and oxygen atoms in total. The fourth-order valence-corrected chi connectivity index (χ4v) is 3.03. The molecule has 0 saturated carbocycles. The van der Waals surface area contributed by atoms with Gasteiger partial charge in [0.15, 0.2) is 6.29 Å². The largest absolute Gasteiger partial charge is 0.495 e. The number of nitrogens with one attached hydrogen (secondary N) is 1. The van der Waals surface area contributed by atoms with Crippen LogP contribution in [0.5, 0.6) is 5.75 Å². The zero-order valence-corrected chi connectivity index (χ0v) is 15.2. The fraction of sp³-hybridized carbons (Fsp3) is 0.571. The summed E-state index contributed by atoms with van der Waals surface area (Å²) in [6, 6.07) is 3.91. The molecule has 0 amide bonds. The summed E-state index contributed by atoms with van der Waals surface area (Å²) >= 11 is 6.98. The molecular weight excluding hydrogens is 390 g/mol. The van der Waals surface area contributed by atoms with Crippen LogP contribution in [0, 0.1) is 0 Å². The maximum absolute atomic E-state index is 5.51. The van der Waals surface area contributed by atoms with Crippen LogP contribution in [0.15, 0.2) is 21.1 Å². The van der Waals surface area contributed by atoms with Crippen molar-refractivity contribution in [2.45, 2.75) is 26.6 Å². The third-order valence-electron chi connectivity index (χ3n) is 2.64. The molecule has 0 heterocycles. The molecule has 0 aliphatic heterocycles. The highest BCUT2D eigenvalue weighted by Crippen LogP contribution is 2.34. The van der Waals surface area contributed by atoms with Crippen LogP contribution in [0.3, 0.4) is 0 Å². The predicted octanol–water partition coefficient (Wildman–Crippen LogP) is 4.42. The molecule has 0 spiro atoms. The SMILES string of the molecule is CCOC(CCNc1cc(OC)c(Br)cc1Br)OCC. The van der Waals surface area contributed by atoms with Crippen LogP contribution in [0.25, 0.3) is 0 Å². The van der Waals surface area contributed by atoms with Crippen LogP contribution in [0.4, 0.5) is 5.69 Å². The van der Waals surface area contributed by atoms with Gasteiger partial charge in [-0.05, 0) is 51.8 Å².